The molecule has 0 spiro atoms. The highest BCUT2D eigenvalue weighted by Gasteiger charge is 2.39. The third-order valence-electron chi connectivity index (χ3n) is 6.35. The van der Waals surface area contributed by atoms with Crippen molar-refractivity contribution in [2.45, 2.75) is 50.9 Å². The number of anilines is 1. The highest BCUT2D eigenvalue weighted by molar-refractivity contribution is 6.05. The van der Waals surface area contributed by atoms with Gasteiger partial charge in [-0.3, -0.25) is 19.7 Å². The van der Waals surface area contributed by atoms with Gasteiger partial charge in [-0.2, -0.15) is 5.10 Å². The van der Waals surface area contributed by atoms with E-state index in [1.54, 1.807) is 11.1 Å². The molecule has 1 aromatic carbocycles. The van der Waals surface area contributed by atoms with Crippen molar-refractivity contribution in [1.29, 1.82) is 0 Å². The van der Waals surface area contributed by atoms with E-state index in [4.69, 9.17) is 0 Å². The predicted octanol–water partition coefficient (Wildman–Crippen LogP) is 1.18. The number of nitrogens with zero attached hydrogens (tertiary/aromatic N) is 3. The number of hydrogen-bond acceptors (Lipinski definition) is 6. The maximum Gasteiger partial charge on any atom is 0.255 e. The Kier molecular flexibility index (Phi) is 5.19. The van der Waals surface area contributed by atoms with Gasteiger partial charge in [-0.15, -0.1) is 0 Å². The number of piperidine rings is 2. The molecule has 1 aromatic heterocycles. The number of benzene rings is 1. The molecule has 9 heteroatoms. The molecule has 0 bridgehead atoms. The second-order valence-electron chi connectivity index (χ2n) is 8.41. The first-order chi connectivity index (χ1) is 15.1. The van der Waals surface area contributed by atoms with Crippen LogP contribution in [0, 0.1) is 0 Å². The Morgan fingerprint density at radius 2 is 2.06 bits per heavy atom. The molecule has 0 radical (unpaired) electrons. The Labute approximate surface area is 180 Å². The Bertz CT molecular complexity index is 1030. The summed E-state index contributed by atoms with van der Waals surface area (Å²) >= 11 is 0. The Morgan fingerprint density at radius 1 is 1.16 bits per heavy atom. The number of carbonyl (C=O) groups excluding carboxylic acids is 3. The molecular formula is C22H26N6O3. The summed E-state index contributed by atoms with van der Waals surface area (Å²) in [7, 11) is 0. The molecule has 3 N–H and O–H groups in total. The molecule has 4 heterocycles. The summed E-state index contributed by atoms with van der Waals surface area (Å²) < 4.78 is 2.04. The summed E-state index contributed by atoms with van der Waals surface area (Å²) in [4.78, 5) is 38.2. The summed E-state index contributed by atoms with van der Waals surface area (Å²) in [5, 5.41) is 13.7. The van der Waals surface area contributed by atoms with Crippen LogP contribution in [0.25, 0.3) is 0 Å². The van der Waals surface area contributed by atoms with E-state index in [9.17, 15) is 14.4 Å². The smallest absolute Gasteiger partial charge is 0.255 e. The number of carbonyl (C=O) groups is 3. The molecule has 3 amide bonds. The van der Waals surface area contributed by atoms with E-state index in [0.717, 1.165) is 42.9 Å². The number of fused-ring (bicyclic) bond motifs is 1. The second kappa shape index (κ2) is 8.14. The van der Waals surface area contributed by atoms with E-state index in [1.165, 1.54) is 0 Å². The van der Waals surface area contributed by atoms with E-state index in [2.05, 4.69) is 21.0 Å². The second-order valence-corrected chi connectivity index (χ2v) is 8.41. The highest BCUT2D eigenvalue weighted by atomic mass is 16.2. The first kappa shape index (κ1) is 19.7. The molecule has 2 saturated heterocycles. The van der Waals surface area contributed by atoms with Gasteiger partial charge in [0.1, 0.15) is 11.9 Å². The normalized spacial score (nSPS) is 23.6. The van der Waals surface area contributed by atoms with Crippen LogP contribution in [0.4, 0.5) is 5.82 Å². The number of aromatic nitrogens is 2. The van der Waals surface area contributed by atoms with Crippen LogP contribution in [0.15, 0.2) is 30.5 Å². The molecule has 2 fully saturated rings. The first-order valence-electron chi connectivity index (χ1n) is 10.8. The average Bonchev–Trinajstić information content (AvgIpc) is 3.38. The molecule has 2 aromatic rings. The molecule has 3 aliphatic rings. The lowest BCUT2D eigenvalue weighted by molar-refractivity contribution is -0.136. The summed E-state index contributed by atoms with van der Waals surface area (Å²) in [5.74, 6) is 0.155. The van der Waals surface area contributed by atoms with Gasteiger partial charge in [-0.1, -0.05) is 12.1 Å². The number of hydrogen-bond donors (Lipinski definition) is 3. The number of rotatable bonds is 5. The largest absolute Gasteiger partial charge is 0.366 e. The summed E-state index contributed by atoms with van der Waals surface area (Å²) in [6.07, 6.45) is 4.68. The van der Waals surface area contributed by atoms with E-state index in [-0.39, 0.29) is 24.1 Å². The third kappa shape index (κ3) is 3.81. The van der Waals surface area contributed by atoms with Gasteiger partial charge in [0.15, 0.2) is 0 Å². The van der Waals surface area contributed by atoms with Crippen LogP contribution in [-0.4, -0.2) is 51.5 Å². The van der Waals surface area contributed by atoms with Gasteiger partial charge in [0.05, 0.1) is 12.2 Å². The molecule has 5 rings (SSSR count). The predicted molar refractivity (Wildman–Crippen MR) is 113 cm³/mol. The zero-order chi connectivity index (χ0) is 21.4. The minimum atomic E-state index is -0.586. The Balaban J connectivity index is 1.27. The van der Waals surface area contributed by atoms with Crippen LogP contribution in [0.2, 0.25) is 0 Å². The van der Waals surface area contributed by atoms with Gasteiger partial charge in [0.2, 0.25) is 11.8 Å². The molecule has 0 saturated carbocycles. The zero-order valence-corrected chi connectivity index (χ0v) is 17.3. The SMILES string of the molecule is O=C1CCC(N2Cc3ccc(CNc4ccnn4C4CCCNC4)cc3C2=O)C(=O)N1. The van der Waals surface area contributed by atoms with Gasteiger partial charge in [-0.05, 0) is 43.0 Å². The lowest BCUT2D eigenvalue weighted by Crippen LogP contribution is -2.52. The fourth-order valence-corrected chi connectivity index (χ4v) is 4.69. The lowest BCUT2D eigenvalue weighted by atomic mass is 10.0. The fraction of sp³-hybridized carbons (Fsp3) is 0.455. The molecular weight excluding hydrogens is 396 g/mol. The Hall–Kier alpha value is -3.20. The molecule has 162 valence electrons. The van der Waals surface area contributed by atoms with Crippen molar-refractivity contribution >= 4 is 23.5 Å². The van der Waals surface area contributed by atoms with Crippen LogP contribution >= 0.6 is 0 Å². The molecule has 2 unspecified atom stereocenters. The first-order valence-corrected chi connectivity index (χ1v) is 10.8. The average molecular weight is 422 g/mol. The topological polar surface area (TPSA) is 108 Å². The van der Waals surface area contributed by atoms with Gasteiger partial charge < -0.3 is 15.5 Å². The van der Waals surface area contributed by atoms with Gasteiger partial charge in [0, 0.05) is 37.7 Å². The lowest BCUT2D eigenvalue weighted by Gasteiger charge is -2.29. The van der Waals surface area contributed by atoms with Crippen LogP contribution in [0.3, 0.4) is 0 Å². The summed E-state index contributed by atoms with van der Waals surface area (Å²) in [5.41, 5.74) is 2.54. The third-order valence-corrected chi connectivity index (χ3v) is 6.35. The van der Waals surface area contributed by atoms with Crippen LogP contribution in [-0.2, 0) is 22.7 Å². The number of nitrogens with one attached hydrogen (secondary N) is 3. The summed E-state index contributed by atoms with van der Waals surface area (Å²) in [6.45, 7) is 2.94. The monoisotopic (exact) mass is 422 g/mol. The molecule has 3 aliphatic heterocycles. The maximum absolute atomic E-state index is 13.0. The summed E-state index contributed by atoms with van der Waals surface area (Å²) in [6, 6.07) is 7.60. The van der Waals surface area contributed by atoms with Crippen molar-refractivity contribution in [3.63, 3.8) is 0 Å². The van der Waals surface area contributed by atoms with Crippen LogP contribution in [0.1, 0.15) is 53.2 Å². The molecule has 31 heavy (non-hydrogen) atoms. The molecule has 9 nitrogen and oxygen atoms in total. The standard InChI is InChI=1S/C22H26N6O3/c29-20-6-5-18(21(30)26-20)27-13-15-4-3-14(10-17(15)22(27)31)11-24-19-7-9-25-28(19)16-2-1-8-23-12-16/h3-4,7,9-10,16,18,23-24H,1-2,5-6,8,11-13H2,(H,26,29,30). The minimum Gasteiger partial charge on any atom is -0.366 e. The van der Waals surface area contributed by atoms with Crippen molar-refractivity contribution in [2.75, 3.05) is 18.4 Å². The van der Waals surface area contributed by atoms with Gasteiger partial charge in [-0.25, -0.2) is 4.68 Å². The van der Waals surface area contributed by atoms with E-state index in [1.807, 2.05) is 28.9 Å². The number of imide groups is 1. The van der Waals surface area contributed by atoms with Crippen molar-refractivity contribution in [3.05, 3.63) is 47.2 Å². The molecule has 2 atom stereocenters. The van der Waals surface area contributed by atoms with Crippen LogP contribution < -0.4 is 16.0 Å². The Morgan fingerprint density at radius 3 is 2.87 bits per heavy atom. The molecule has 0 aliphatic carbocycles. The maximum atomic E-state index is 13.0. The van der Waals surface area contributed by atoms with Crippen molar-refractivity contribution in [2.24, 2.45) is 0 Å². The highest BCUT2D eigenvalue weighted by Crippen LogP contribution is 2.28. The van der Waals surface area contributed by atoms with Crippen molar-refractivity contribution in [3.8, 4) is 0 Å². The fourth-order valence-electron chi connectivity index (χ4n) is 4.69. The van der Waals surface area contributed by atoms with E-state index >= 15 is 0 Å². The quantitative estimate of drug-likeness (QED) is 0.625. The van der Waals surface area contributed by atoms with E-state index in [0.29, 0.717) is 31.1 Å². The van der Waals surface area contributed by atoms with Gasteiger partial charge in [0.25, 0.3) is 5.91 Å². The van der Waals surface area contributed by atoms with E-state index < -0.39 is 6.04 Å². The van der Waals surface area contributed by atoms with Gasteiger partial charge >= 0.3 is 0 Å². The van der Waals surface area contributed by atoms with Crippen molar-refractivity contribution in [1.82, 2.24) is 25.3 Å². The number of amides is 3. The zero-order valence-electron chi connectivity index (χ0n) is 17.3. The van der Waals surface area contributed by atoms with Crippen molar-refractivity contribution < 1.29 is 14.4 Å². The van der Waals surface area contributed by atoms with Crippen LogP contribution in [0.5, 0.6) is 0 Å². The minimum absolute atomic E-state index is 0.148.